The first-order chi connectivity index (χ1) is 15.6. The zero-order valence-electron chi connectivity index (χ0n) is 17.7. The molecule has 0 radical (unpaired) electrons. The van der Waals surface area contributed by atoms with Crippen molar-refractivity contribution >= 4 is 23.3 Å². The van der Waals surface area contributed by atoms with Crippen molar-refractivity contribution in [2.75, 3.05) is 25.1 Å². The number of rotatable bonds is 2. The highest BCUT2D eigenvalue weighted by molar-refractivity contribution is 5.99. The number of carbonyl (C=O) groups excluding carboxylic acids is 2. The molecule has 0 atom stereocenters. The first-order valence-electron chi connectivity index (χ1n) is 10.7. The van der Waals surface area contributed by atoms with Crippen LogP contribution in [0.5, 0.6) is 5.75 Å². The van der Waals surface area contributed by atoms with Crippen molar-refractivity contribution in [3.63, 3.8) is 0 Å². The molecule has 3 aromatic rings. The van der Waals surface area contributed by atoms with Crippen molar-refractivity contribution in [2.24, 2.45) is 0 Å². The fraction of sp³-hybridized carbons (Fsp3) is 0.240. The summed E-state index contributed by atoms with van der Waals surface area (Å²) in [4.78, 5) is 35.6. The number of benzene rings is 2. The lowest BCUT2D eigenvalue weighted by molar-refractivity contribution is 0.0749. The van der Waals surface area contributed by atoms with E-state index in [-0.39, 0.29) is 11.8 Å². The van der Waals surface area contributed by atoms with Crippen LogP contribution in [0, 0.1) is 0 Å². The summed E-state index contributed by atoms with van der Waals surface area (Å²) < 4.78 is 5.88. The molecular formula is C25H22N4O3. The van der Waals surface area contributed by atoms with E-state index in [1.165, 1.54) is 11.1 Å². The molecule has 0 fully saturated rings. The van der Waals surface area contributed by atoms with Gasteiger partial charge < -0.3 is 19.4 Å². The Labute approximate surface area is 185 Å². The van der Waals surface area contributed by atoms with Crippen LogP contribution in [0.15, 0.2) is 54.7 Å². The van der Waals surface area contributed by atoms with E-state index >= 15 is 0 Å². The second-order valence-corrected chi connectivity index (χ2v) is 8.48. The fourth-order valence-corrected chi connectivity index (χ4v) is 4.75. The van der Waals surface area contributed by atoms with Crippen molar-refractivity contribution in [1.29, 1.82) is 0 Å². The van der Waals surface area contributed by atoms with Gasteiger partial charge in [0.1, 0.15) is 6.61 Å². The first kappa shape index (κ1) is 18.9. The number of ether oxygens (including phenoxy) is 1. The molecule has 0 saturated carbocycles. The minimum absolute atomic E-state index is 0.0451. The maximum Gasteiger partial charge on any atom is 0.256 e. The highest BCUT2D eigenvalue weighted by atomic mass is 16.5. The van der Waals surface area contributed by atoms with Gasteiger partial charge in [0.2, 0.25) is 0 Å². The van der Waals surface area contributed by atoms with E-state index in [4.69, 9.17) is 4.74 Å². The number of fused-ring (bicyclic) bond motifs is 3. The Morgan fingerprint density at radius 1 is 1.00 bits per heavy atom. The molecule has 32 heavy (non-hydrogen) atoms. The lowest BCUT2D eigenvalue weighted by Gasteiger charge is -2.30. The van der Waals surface area contributed by atoms with Crippen LogP contribution >= 0.6 is 0 Å². The highest BCUT2D eigenvalue weighted by Crippen LogP contribution is 2.37. The number of aromatic nitrogens is 1. The molecule has 0 aliphatic carbocycles. The van der Waals surface area contributed by atoms with Crippen LogP contribution < -0.4 is 9.64 Å². The molecule has 0 spiro atoms. The molecule has 0 saturated heterocycles. The number of hydrogen-bond donors (Lipinski definition) is 0. The van der Waals surface area contributed by atoms with Crippen LogP contribution in [0.2, 0.25) is 0 Å². The molecule has 0 N–H and O–H groups in total. The van der Waals surface area contributed by atoms with Crippen LogP contribution in [-0.4, -0.2) is 46.8 Å². The lowest BCUT2D eigenvalue weighted by atomic mass is 10.1. The third-order valence-electron chi connectivity index (χ3n) is 6.42. The van der Waals surface area contributed by atoms with Gasteiger partial charge in [-0.2, -0.15) is 0 Å². The number of nitrogens with zero attached hydrogens (tertiary/aromatic N) is 4. The predicted molar refractivity (Wildman–Crippen MR) is 119 cm³/mol. The molecule has 0 unspecified atom stereocenters. The highest BCUT2D eigenvalue weighted by Gasteiger charge is 2.29. The van der Waals surface area contributed by atoms with Crippen LogP contribution in [0.25, 0.3) is 0 Å². The Morgan fingerprint density at radius 3 is 2.56 bits per heavy atom. The van der Waals surface area contributed by atoms with Gasteiger partial charge in [-0.15, -0.1) is 0 Å². The van der Waals surface area contributed by atoms with E-state index in [9.17, 15) is 9.59 Å². The maximum absolute atomic E-state index is 13.1. The van der Waals surface area contributed by atoms with Crippen LogP contribution in [0.1, 0.15) is 37.4 Å². The zero-order chi connectivity index (χ0) is 21.8. The van der Waals surface area contributed by atoms with Gasteiger partial charge in [-0.1, -0.05) is 24.3 Å². The van der Waals surface area contributed by atoms with Gasteiger partial charge in [-0.05, 0) is 41.0 Å². The predicted octanol–water partition coefficient (Wildman–Crippen LogP) is 3.35. The number of carbonyl (C=O) groups is 2. The molecule has 0 bridgehead atoms. The van der Waals surface area contributed by atoms with Crippen molar-refractivity contribution in [3.8, 4) is 5.75 Å². The van der Waals surface area contributed by atoms with Crippen molar-refractivity contribution in [1.82, 2.24) is 14.8 Å². The molecule has 3 aliphatic rings. The largest absolute Gasteiger partial charge is 0.488 e. The molecule has 4 heterocycles. The summed E-state index contributed by atoms with van der Waals surface area (Å²) in [5.74, 6) is 1.30. The summed E-state index contributed by atoms with van der Waals surface area (Å²) in [6, 6.07) is 15.8. The Balaban J connectivity index is 1.28. The van der Waals surface area contributed by atoms with E-state index in [0.29, 0.717) is 49.9 Å². The van der Waals surface area contributed by atoms with Crippen LogP contribution in [0.3, 0.4) is 0 Å². The second kappa shape index (κ2) is 7.09. The van der Waals surface area contributed by atoms with Gasteiger partial charge >= 0.3 is 0 Å². The van der Waals surface area contributed by atoms with Crippen molar-refractivity contribution in [2.45, 2.75) is 19.6 Å². The fourth-order valence-electron chi connectivity index (χ4n) is 4.75. The van der Waals surface area contributed by atoms with E-state index in [2.05, 4.69) is 22.0 Å². The summed E-state index contributed by atoms with van der Waals surface area (Å²) in [5.41, 5.74) is 5.65. The third kappa shape index (κ3) is 2.92. The van der Waals surface area contributed by atoms with Crippen molar-refractivity contribution < 1.29 is 14.3 Å². The smallest absolute Gasteiger partial charge is 0.256 e. The molecule has 1 aromatic heterocycles. The minimum atomic E-state index is -0.0451. The van der Waals surface area contributed by atoms with E-state index in [0.717, 1.165) is 16.8 Å². The quantitative estimate of drug-likeness (QED) is 0.629. The van der Waals surface area contributed by atoms with Gasteiger partial charge in [0.15, 0.2) is 11.6 Å². The van der Waals surface area contributed by atoms with Crippen LogP contribution in [-0.2, 0) is 19.6 Å². The van der Waals surface area contributed by atoms with Gasteiger partial charge in [-0.3, -0.25) is 9.59 Å². The van der Waals surface area contributed by atoms with Crippen molar-refractivity contribution in [3.05, 3.63) is 82.5 Å². The molecule has 3 aliphatic heterocycles. The van der Waals surface area contributed by atoms with E-state index < -0.39 is 0 Å². The number of pyridine rings is 1. The number of hydrogen-bond acceptors (Lipinski definition) is 5. The second-order valence-electron chi connectivity index (χ2n) is 8.48. The topological polar surface area (TPSA) is 66.0 Å². The summed E-state index contributed by atoms with van der Waals surface area (Å²) in [6.45, 7) is 2.98. The van der Waals surface area contributed by atoms with Gasteiger partial charge in [0.25, 0.3) is 11.8 Å². The van der Waals surface area contributed by atoms with Gasteiger partial charge in [0.05, 0.1) is 12.1 Å². The van der Waals surface area contributed by atoms with Gasteiger partial charge in [-0.25, -0.2) is 4.98 Å². The summed E-state index contributed by atoms with van der Waals surface area (Å²) in [7, 11) is 1.81. The number of amides is 2. The molecule has 6 rings (SSSR count). The van der Waals surface area contributed by atoms with Crippen LogP contribution in [0.4, 0.5) is 11.5 Å². The molecule has 160 valence electrons. The molecule has 2 amide bonds. The Kier molecular flexibility index (Phi) is 4.18. The van der Waals surface area contributed by atoms with E-state index in [1.54, 1.807) is 17.2 Å². The maximum atomic E-state index is 13.1. The molecule has 7 heteroatoms. The first-order valence-corrected chi connectivity index (χ1v) is 10.7. The minimum Gasteiger partial charge on any atom is -0.488 e. The normalized spacial score (nSPS) is 16.5. The molecule has 2 aromatic carbocycles. The number of anilines is 2. The molecule has 7 nitrogen and oxygen atoms in total. The Bertz CT molecular complexity index is 1250. The zero-order valence-corrected chi connectivity index (χ0v) is 17.7. The monoisotopic (exact) mass is 426 g/mol. The average molecular weight is 426 g/mol. The lowest BCUT2D eigenvalue weighted by Crippen LogP contribution is -2.30. The standard InChI is InChI=1S/C25H22N4O3/c1-27-13-19-10-20(6-7-21(19)25(27)31)29-8-9-32-22-11-18(12-26-23(22)29)24(30)28-14-16-4-2-3-5-17(16)15-28/h2-7,10-12H,8-9,13-15H2,1H3. The summed E-state index contributed by atoms with van der Waals surface area (Å²) in [5, 5.41) is 0. The van der Waals surface area contributed by atoms with E-state index in [1.807, 2.05) is 42.3 Å². The van der Waals surface area contributed by atoms with Gasteiger partial charge in [0, 0.05) is 44.1 Å². The summed E-state index contributed by atoms with van der Waals surface area (Å²) >= 11 is 0. The molecular weight excluding hydrogens is 404 g/mol. The summed E-state index contributed by atoms with van der Waals surface area (Å²) in [6.07, 6.45) is 1.64. The Morgan fingerprint density at radius 2 is 1.78 bits per heavy atom. The third-order valence-corrected chi connectivity index (χ3v) is 6.42. The SMILES string of the molecule is CN1Cc2cc(N3CCOc4cc(C(=O)N5Cc6ccccc6C5)cnc43)ccc2C1=O. The Hall–Kier alpha value is -3.87. The average Bonchev–Trinajstić information content (AvgIpc) is 3.38.